The van der Waals surface area contributed by atoms with Gasteiger partial charge in [0.2, 0.25) is 0 Å². The first-order valence-electron chi connectivity index (χ1n) is 5.34. The maximum absolute atomic E-state index is 8.63. The summed E-state index contributed by atoms with van der Waals surface area (Å²) in [4.78, 5) is 0. The maximum atomic E-state index is 8.63. The number of phenols is 1. The van der Waals surface area contributed by atoms with Crippen LogP contribution >= 0.6 is 23.4 Å². The molecule has 1 N–H and O–H groups in total. The number of hydrogen-bond acceptors (Lipinski definition) is 1. The first-order valence-corrected chi connectivity index (χ1v) is 6.06. The molecule has 4 heteroatoms. The van der Waals surface area contributed by atoms with Crippen LogP contribution in [0, 0.1) is 0 Å². The molecule has 0 aliphatic carbocycles. The molecular formula is C14H11Cl2NO. The Balaban J connectivity index is 0.000000149. The number of nitrogens with zero attached hydrogens (tertiary/aromatic N) is 1. The molecule has 92 valence electrons. The predicted octanol–water partition coefficient (Wildman–Crippen LogP) is 4.69. The summed E-state index contributed by atoms with van der Waals surface area (Å²) in [6.45, 7) is 0. The van der Waals surface area contributed by atoms with Gasteiger partial charge in [-0.15, -0.1) is 0 Å². The van der Waals surface area contributed by atoms with Crippen molar-refractivity contribution >= 4 is 34.3 Å². The fraction of sp³-hybridized carbons (Fsp3) is 0. The molecule has 0 bridgehead atoms. The van der Waals surface area contributed by atoms with E-state index in [4.69, 9.17) is 28.5 Å². The third-order valence-electron chi connectivity index (χ3n) is 2.37. The highest BCUT2D eigenvalue weighted by atomic mass is 35.5. The molecule has 18 heavy (non-hydrogen) atoms. The fourth-order valence-corrected chi connectivity index (χ4v) is 1.93. The molecule has 0 fully saturated rings. The topological polar surface area (TPSA) is 25.2 Å². The van der Waals surface area contributed by atoms with Crippen LogP contribution in [-0.2, 0) is 0 Å². The SMILES string of the molecule is Clc1cc2ccccc2n1Cl.Oc1ccccc1. The first kappa shape index (κ1) is 12.8. The van der Waals surface area contributed by atoms with Crippen LogP contribution in [0.1, 0.15) is 0 Å². The minimum atomic E-state index is 0.322. The number of phenolic OH excluding ortho intramolecular Hbond substituents is 1. The minimum Gasteiger partial charge on any atom is -0.508 e. The third-order valence-corrected chi connectivity index (χ3v) is 3.10. The standard InChI is InChI=1S/C8H5Cl2N.C6H6O/c9-8-5-6-3-1-2-4-7(6)11(8)10;7-6-4-2-1-3-5-6/h1-5H;1-5,7H. The van der Waals surface area contributed by atoms with Gasteiger partial charge < -0.3 is 5.11 Å². The highest BCUT2D eigenvalue weighted by molar-refractivity contribution is 6.35. The Morgan fingerprint density at radius 3 is 2.06 bits per heavy atom. The maximum Gasteiger partial charge on any atom is 0.125 e. The van der Waals surface area contributed by atoms with Crippen molar-refractivity contribution in [1.82, 2.24) is 4.09 Å². The average Bonchev–Trinajstić information content (AvgIpc) is 2.68. The van der Waals surface area contributed by atoms with Gasteiger partial charge in [0.25, 0.3) is 0 Å². The zero-order valence-electron chi connectivity index (χ0n) is 9.42. The molecular weight excluding hydrogens is 269 g/mol. The molecule has 0 atom stereocenters. The van der Waals surface area contributed by atoms with Crippen molar-refractivity contribution in [2.75, 3.05) is 0 Å². The normalized spacial score (nSPS) is 9.89. The number of aromatic nitrogens is 1. The summed E-state index contributed by atoms with van der Waals surface area (Å²) in [5.74, 6) is 0.322. The van der Waals surface area contributed by atoms with Crippen molar-refractivity contribution in [3.05, 3.63) is 65.8 Å². The monoisotopic (exact) mass is 279 g/mol. The van der Waals surface area contributed by atoms with Crippen LogP contribution in [0.15, 0.2) is 60.7 Å². The minimum absolute atomic E-state index is 0.322. The second kappa shape index (κ2) is 5.80. The van der Waals surface area contributed by atoms with Gasteiger partial charge >= 0.3 is 0 Å². The lowest BCUT2D eigenvalue weighted by atomic mass is 10.3. The van der Waals surface area contributed by atoms with Crippen molar-refractivity contribution in [2.45, 2.75) is 0 Å². The van der Waals surface area contributed by atoms with Crippen LogP contribution in [0.25, 0.3) is 10.9 Å². The smallest absolute Gasteiger partial charge is 0.125 e. The molecule has 1 aromatic heterocycles. The van der Waals surface area contributed by atoms with E-state index in [2.05, 4.69) is 0 Å². The fourth-order valence-electron chi connectivity index (χ4n) is 1.52. The summed E-state index contributed by atoms with van der Waals surface area (Å²) in [6.07, 6.45) is 0. The van der Waals surface area contributed by atoms with Crippen LogP contribution in [0.2, 0.25) is 5.15 Å². The second-order valence-corrected chi connectivity index (χ2v) is 4.37. The van der Waals surface area contributed by atoms with E-state index in [1.54, 1.807) is 24.3 Å². The lowest BCUT2D eigenvalue weighted by Gasteiger charge is -1.91. The number of halogens is 2. The molecule has 0 aliphatic rings. The summed E-state index contributed by atoms with van der Waals surface area (Å²) >= 11 is 11.6. The average molecular weight is 280 g/mol. The van der Waals surface area contributed by atoms with E-state index < -0.39 is 0 Å². The van der Waals surface area contributed by atoms with E-state index in [9.17, 15) is 0 Å². The van der Waals surface area contributed by atoms with Crippen LogP contribution in [-0.4, -0.2) is 9.19 Å². The summed E-state index contributed by atoms with van der Waals surface area (Å²) in [7, 11) is 0. The van der Waals surface area contributed by atoms with Gasteiger partial charge in [0.1, 0.15) is 10.9 Å². The molecule has 3 aromatic rings. The summed E-state index contributed by atoms with van der Waals surface area (Å²) in [5, 5.41) is 10.2. The van der Waals surface area contributed by atoms with Crippen molar-refractivity contribution in [2.24, 2.45) is 0 Å². The summed E-state index contributed by atoms with van der Waals surface area (Å²) < 4.78 is 1.44. The summed E-state index contributed by atoms with van der Waals surface area (Å²) in [6, 6.07) is 18.3. The Bertz CT molecular complexity index is 635. The zero-order valence-corrected chi connectivity index (χ0v) is 10.9. The van der Waals surface area contributed by atoms with E-state index in [0.717, 1.165) is 10.9 Å². The molecule has 1 heterocycles. The number of aromatic hydroxyl groups is 1. The van der Waals surface area contributed by atoms with E-state index >= 15 is 0 Å². The molecule has 0 unspecified atom stereocenters. The quantitative estimate of drug-likeness (QED) is 0.635. The van der Waals surface area contributed by atoms with Crippen molar-refractivity contribution in [1.29, 1.82) is 0 Å². The number of hydrogen-bond donors (Lipinski definition) is 1. The van der Waals surface area contributed by atoms with Crippen LogP contribution in [0.4, 0.5) is 0 Å². The van der Waals surface area contributed by atoms with Gasteiger partial charge in [-0.1, -0.05) is 48.0 Å². The molecule has 0 amide bonds. The molecule has 2 aromatic carbocycles. The predicted molar refractivity (Wildman–Crippen MR) is 76.3 cm³/mol. The third kappa shape index (κ3) is 2.97. The van der Waals surface area contributed by atoms with Gasteiger partial charge in [0.05, 0.1) is 5.52 Å². The largest absolute Gasteiger partial charge is 0.508 e. The van der Waals surface area contributed by atoms with Gasteiger partial charge in [0, 0.05) is 17.2 Å². The van der Waals surface area contributed by atoms with Gasteiger partial charge in [-0.2, -0.15) is 0 Å². The Hall–Kier alpha value is -1.64. The molecule has 0 spiro atoms. The van der Waals surface area contributed by atoms with Crippen molar-refractivity contribution in [3.63, 3.8) is 0 Å². The molecule has 0 saturated heterocycles. The van der Waals surface area contributed by atoms with Gasteiger partial charge in [-0.3, -0.25) is 0 Å². The Morgan fingerprint density at radius 1 is 0.889 bits per heavy atom. The van der Waals surface area contributed by atoms with Crippen molar-refractivity contribution in [3.8, 4) is 5.75 Å². The van der Waals surface area contributed by atoms with E-state index in [1.807, 2.05) is 36.4 Å². The van der Waals surface area contributed by atoms with Crippen LogP contribution < -0.4 is 0 Å². The lowest BCUT2D eigenvalue weighted by Crippen LogP contribution is -1.75. The molecule has 3 rings (SSSR count). The molecule has 2 nitrogen and oxygen atoms in total. The van der Waals surface area contributed by atoms with Crippen LogP contribution in [0.5, 0.6) is 5.75 Å². The van der Waals surface area contributed by atoms with Gasteiger partial charge in [-0.25, -0.2) is 4.09 Å². The Morgan fingerprint density at radius 2 is 1.50 bits per heavy atom. The van der Waals surface area contributed by atoms with E-state index in [0.29, 0.717) is 10.9 Å². The van der Waals surface area contributed by atoms with Gasteiger partial charge in [0.15, 0.2) is 0 Å². The van der Waals surface area contributed by atoms with Gasteiger partial charge in [-0.05, 0) is 24.3 Å². The highest BCUT2D eigenvalue weighted by Crippen LogP contribution is 2.23. The number of benzene rings is 2. The number of para-hydroxylation sites is 2. The molecule has 0 aliphatic heterocycles. The Labute approximate surface area is 115 Å². The zero-order chi connectivity index (χ0) is 13.0. The number of rotatable bonds is 0. The molecule has 0 radical (unpaired) electrons. The van der Waals surface area contributed by atoms with E-state index in [1.165, 1.54) is 4.09 Å². The lowest BCUT2D eigenvalue weighted by molar-refractivity contribution is 0.475. The summed E-state index contributed by atoms with van der Waals surface area (Å²) in [5.41, 5.74) is 0.944. The highest BCUT2D eigenvalue weighted by Gasteiger charge is 2.02. The second-order valence-electron chi connectivity index (χ2n) is 3.64. The number of fused-ring (bicyclic) bond motifs is 1. The Kier molecular flexibility index (Phi) is 4.13. The van der Waals surface area contributed by atoms with E-state index in [-0.39, 0.29) is 0 Å². The van der Waals surface area contributed by atoms with Crippen molar-refractivity contribution < 1.29 is 5.11 Å². The molecule has 0 saturated carbocycles. The first-order chi connectivity index (χ1) is 8.68. The van der Waals surface area contributed by atoms with Crippen LogP contribution in [0.3, 0.4) is 0 Å².